The number of nitrogens with zero attached hydrogens (tertiary/aromatic N) is 2. The molecular formula is C11H10F3N3. The molecule has 2 aromatic rings. The molecule has 3 nitrogen and oxygen atoms in total. The number of rotatable bonds is 1. The molecule has 1 aromatic heterocycles. The summed E-state index contributed by atoms with van der Waals surface area (Å²) in [5.74, 6) is 0. The van der Waals surface area contributed by atoms with Gasteiger partial charge in [-0.3, -0.25) is 0 Å². The summed E-state index contributed by atoms with van der Waals surface area (Å²) in [6.45, 7) is 1.55. The summed E-state index contributed by atoms with van der Waals surface area (Å²) in [5.41, 5.74) is 5.99. The van der Waals surface area contributed by atoms with Crippen molar-refractivity contribution in [2.75, 3.05) is 5.73 Å². The van der Waals surface area contributed by atoms with E-state index in [1.54, 1.807) is 31.2 Å². The highest BCUT2D eigenvalue weighted by Gasteiger charge is 2.34. The second kappa shape index (κ2) is 3.80. The lowest BCUT2D eigenvalue weighted by molar-refractivity contribution is -0.141. The third kappa shape index (κ3) is 2.11. The van der Waals surface area contributed by atoms with Crippen LogP contribution in [0.5, 0.6) is 0 Å². The maximum Gasteiger partial charge on any atom is 0.435 e. The molecule has 0 atom stereocenters. The zero-order chi connectivity index (χ0) is 12.6. The van der Waals surface area contributed by atoms with E-state index < -0.39 is 11.9 Å². The van der Waals surface area contributed by atoms with Crippen LogP contribution in [0.4, 0.5) is 18.9 Å². The molecule has 0 aliphatic carbocycles. The van der Waals surface area contributed by atoms with Gasteiger partial charge in [0.1, 0.15) is 0 Å². The Bertz CT molecular complexity index is 543. The first kappa shape index (κ1) is 11.5. The number of para-hydroxylation sites is 2. The average Bonchev–Trinajstić information content (AvgIpc) is 2.61. The fraction of sp³-hybridized carbons (Fsp3) is 0.182. The normalized spacial score (nSPS) is 11.8. The van der Waals surface area contributed by atoms with Crippen LogP contribution < -0.4 is 5.73 Å². The minimum absolute atomic E-state index is 0.382. The van der Waals surface area contributed by atoms with E-state index in [0.29, 0.717) is 17.1 Å². The molecule has 2 rings (SSSR count). The first-order valence-corrected chi connectivity index (χ1v) is 4.88. The van der Waals surface area contributed by atoms with Crippen molar-refractivity contribution in [2.24, 2.45) is 0 Å². The third-order valence-corrected chi connectivity index (χ3v) is 2.34. The molecule has 0 radical (unpaired) electrons. The Morgan fingerprint density at radius 2 is 1.88 bits per heavy atom. The van der Waals surface area contributed by atoms with Gasteiger partial charge in [-0.15, -0.1) is 0 Å². The molecule has 0 saturated carbocycles. The molecule has 1 heterocycles. The summed E-state index contributed by atoms with van der Waals surface area (Å²) in [4.78, 5) is 0. The van der Waals surface area contributed by atoms with Crippen LogP contribution >= 0.6 is 0 Å². The molecule has 0 saturated heterocycles. The van der Waals surface area contributed by atoms with E-state index in [4.69, 9.17) is 5.73 Å². The summed E-state index contributed by atoms with van der Waals surface area (Å²) in [6.07, 6.45) is -4.44. The van der Waals surface area contributed by atoms with Gasteiger partial charge in [0, 0.05) is 5.69 Å². The van der Waals surface area contributed by atoms with Gasteiger partial charge in [0.2, 0.25) is 0 Å². The highest BCUT2D eigenvalue weighted by atomic mass is 19.4. The van der Waals surface area contributed by atoms with Crippen molar-refractivity contribution in [3.8, 4) is 5.69 Å². The van der Waals surface area contributed by atoms with E-state index in [2.05, 4.69) is 5.10 Å². The number of aryl methyl sites for hydroxylation is 1. The second-order valence-electron chi connectivity index (χ2n) is 3.64. The lowest BCUT2D eigenvalue weighted by Crippen LogP contribution is -2.08. The van der Waals surface area contributed by atoms with Crippen LogP contribution in [0.3, 0.4) is 0 Å². The zero-order valence-corrected chi connectivity index (χ0v) is 8.99. The van der Waals surface area contributed by atoms with Gasteiger partial charge in [-0.1, -0.05) is 12.1 Å². The van der Waals surface area contributed by atoms with Crippen molar-refractivity contribution in [1.29, 1.82) is 0 Å². The fourth-order valence-electron chi connectivity index (χ4n) is 1.54. The quantitative estimate of drug-likeness (QED) is 0.780. The molecule has 0 amide bonds. The summed E-state index contributed by atoms with van der Waals surface area (Å²) in [6, 6.07) is 7.63. The Balaban J connectivity index is 2.55. The molecule has 0 spiro atoms. The first-order valence-electron chi connectivity index (χ1n) is 4.88. The van der Waals surface area contributed by atoms with Crippen molar-refractivity contribution in [3.05, 3.63) is 41.7 Å². The molecule has 0 aliphatic heterocycles. The molecule has 6 heteroatoms. The number of nitrogen functional groups attached to an aromatic ring is 1. The number of nitrogens with two attached hydrogens (primary N) is 1. The largest absolute Gasteiger partial charge is 0.435 e. The summed E-state index contributed by atoms with van der Waals surface area (Å²) in [7, 11) is 0. The minimum Gasteiger partial charge on any atom is -0.397 e. The van der Waals surface area contributed by atoms with Crippen molar-refractivity contribution in [1.82, 2.24) is 9.78 Å². The van der Waals surface area contributed by atoms with E-state index in [1.807, 2.05) is 0 Å². The van der Waals surface area contributed by atoms with Crippen molar-refractivity contribution in [3.63, 3.8) is 0 Å². The molecule has 17 heavy (non-hydrogen) atoms. The monoisotopic (exact) mass is 241 g/mol. The average molecular weight is 241 g/mol. The first-order chi connectivity index (χ1) is 7.89. The predicted octanol–water partition coefficient (Wildman–Crippen LogP) is 2.78. The highest BCUT2D eigenvalue weighted by Crippen LogP contribution is 2.30. The van der Waals surface area contributed by atoms with Crippen LogP contribution in [-0.2, 0) is 6.18 Å². The van der Waals surface area contributed by atoms with E-state index in [-0.39, 0.29) is 0 Å². The van der Waals surface area contributed by atoms with E-state index in [9.17, 15) is 13.2 Å². The second-order valence-corrected chi connectivity index (χ2v) is 3.64. The number of benzene rings is 1. The molecule has 90 valence electrons. The van der Waals surface area contributed by atoms with Crippen LogP contribution in [0.2, 0.25) is 0 Å². The van der Waals surface area contributed by atoms with Gasteiger partial charge in [-0.05, 0) is 25.1 Å². The molecule has 2 N–H and O–H groups in total. The topological polar surface area (TPSA) is 43.8 Å². The van der Waals surface area contributed by atoms with Crippen molar-refractivity contribution in [2.45, 2.75) is 13.1 Å². The predicted molar refractivity (Wildman–Crippen MR) is 57.7 cm³/mol. The number of hydrogen-bond donors (Lipinski definition) is 1. The van der Waals surface area contributed by atoms with Crippen LogP contribution in [0.25, 0.3) is 5.69 Å². The zero-order valence-electron chi connectivity index (χ0n) is 8.99. The van der Waals surface area contributed by atoms with Gasteiger partial charge < -0.3 is 5.73 Å². The maximum absolute atomic E-state index is 12.5. The molecule has 1 aromatic carbocycles. The van der Waals surface area contributed by atoms with Gasteiger partial charge >= 0.3 is 6.18 Å². The summed E-state index contributed by atoms with van der Waals surface area (Å²) < 4.78 is 38.7. The van der Waals surface area contributed by atoms with Crippen LogP contribution in [0, 0.1) is 6.92 Å². The lowest BCUT2D eigenvalue weighted by atomic mass is 10.2. The van der Waals surface area contributed by atoms with Crippen LogP contribution in [-0.4, -0.2) is 9.78 Å². The van der Waals surface area contributed by atoms with Crippen LogP contribution in [0.15, 0.2) is 30.3 Å². The van der Waals surface area contributed by atoms with Gasteiger partial charge in [0.05, 0.1) is 11.4 Å². The van der Waals surface area contributed by atoms with Gasteiger partial charge in [0.25, 0.3) is 0 Å². The number of alkyl halides is 3. The van der Waals surface area contributed by atoms with Gasteiger partial charge in [0.15, 0.2) is 5.69 Å². The molecular weight excluding hydrogens is 231 g/mol. The van der Waals surface area contributed by atoms with Crippen molar-refractivity contribution < 1.29 is 13.2 Å². The Labute approximate surface area is 95.7 Å². The highest BCUT2D eigenvalue weighted by molar-refractivity contribution is 5.57. The molecule has 0 unspecified atom stereocenters. The maximum atomic E-state index is 12.5. The lowest BCUT2D eigenvalue weighted by Gasteiger charge is -2.07. The molecule has 0 aliphatic rings. The van der Waals surface area contributed by atoms with Crippen molar-refractivity contribution >= 4 is 5.69 Å². The Morgan fingerprint density at radius 3 is 2.41 bits per heavy atom. The summed E-state index contributed by atoms with van der Waals surface area (Å²) in [5, 5.41) is 3.52. The SMILES string of the molecule is Cc1cc(C(F)(F)F)nn1-c1ccccc1N. The Kier molecular flexibility index (Phi) is 2.57. The number of hydrogen-bond acceptors (Lipinski definition) is 2. The minimum atomic E-state index is -4.44. The Hall–Kier alpha value is -1.98. The number of aromatic nitrogens is 2. The molecule has 0 fully saturated rings. The van der Waals surface area contributed by atoms with E-state index in [0.717, 1.165) is 6.07 Å². The molecule has 0 bridgehead atoms. The number of halogens is 3. The fourth-order valence-corrected chi connectivity index (χ4v) is 1.54. The van der Waals surface area contributed by atoms with Crippen LogP contribution in [0.1, 0.15) is 11.4 Å². The standard InChI is InChI=1S/C11H10F3N3/c1-7-6-10(11(12,13)14)16-17(7)9-5-3-2-4-8(9)15/h2-6H,15H2,1H3. The third-order valence-electron chi connectivity index (χ3n) is 2.34. The van der Waals surface area contributed by atoms with Gasteiger partial charge in [-0.2, -0.15) is 18.3 Å². The Morgan fingerprint density at radius 1 is 1.24 bits per heavy atom. The van der Waals surface area contributed by atoms with E-state index in [1.165, 1.54) is 4.68 Å². The smallest absolute Gasteiger partial charge is 0.397 e. The summed E-state index contributed by atoms with van der Waals surface area (Å²) >= 11 is 0. The van der Waals surface area contributed by atoms with E-state index >= 15 is 0 Å². The number of anilines is 1. The van der Waals surface area contributed by atoms with Gasteiger partial charge in [-0.25, -0.2) is 4.68 Å².